The van der Waals surface area contributed by atoms with Gasteiger partial charge in [-0.1, -0.05) is 6.92 Å². The molecule has 18 nitrogen and oxygen atoms in total. The lowest BCUT2D eigenvalue weighted by Gasteiger charge is -2.43. The first-order valence-electron chi connectivity index (χ1n) is 13.0. The predicted octanol–water partition coefficient (Wildman–Crippen LogP) is -7.56. The van der Waals surface area contributed by atoms with Crippen LogP contribution in [0.5, 0.6) is 0 Å². The van der Waals surface area contributed by atoms with E-state index in [0.717, 1.165) is 0 Å². The molecule has 3 aliphatic rings. The molecule has 0 aromatic heterocycles. The SMILES string of the molecule is CC(CO[C@@H]1OC(CO)[C@@H](O)C(O)[C@H]1O)(CO[C@H]1OC(CO)[C@@H](O)C(O)[C@H]1O)CO[C@H]1OC(CO)[C@@H](O)C(O)[C@H]1O. The Morgan fingerprint density at radius 3 is 0.902 bits per heavy atom. The summed E-state index contributed by atoms with van der Waals surface area (Å²) in [5.41, 5.74) is -1.34. The van der Waals surface area contributed by atoms with Gasteiger partial charge in [-0.15, -0.1) is 0 Å². The lowest BCUT2D eigenvalue weighted by molar-refractivity contribution is -0.329. The van der Waals surface area contributed by atoms with Crippen LogP contribution in [-0.2, 0) is 28.4 Å². The Morgan fingerprint density at radius 2 is 0.683 bits per heavy atom. The van der Waals surface area contributed by atoms with Gasteiger partial charge in [-0.2, -0.15) is 0 Å². The third kappa shape index (κ3) is 7.87. The van der Waals surface area contributed by atoms with E-state index in [1.807, 2.05) is 0 Å². The standard InChI is InChI=1S/C23H42O18/c1-23(5-36-20-17(33)14(30)11(27)8(2-24)39-20,6-37-21-18(34)15(31)12(28)9(3-25)40-21)7-38-22-19(35)16(32)13(29)10(4-26)41-22/h8-22,24-35H,2-7H2,1H3/t8?,9?,10?,11-,12-,13-,14?,15?,16?,17-,18-,19-,20-,21+,22+,23?/m1/s1. The van der Waals surface area contributed by atoms with Crippen LogP contribution in [0.25, 0.3) is 0 Å². The highest BCUT2D eigenvalue weighted by Gasteiger charge is 2.48. The highest BCUT2D eigenvalue weighted by atomic mass is 16.7. The summed E-state index contributed by atoms with van der Waals surface area (Å²) in [6, 6.07) is 0. The van der Waals surface area contributed by atoms with Crippen molar-refractivity contribution in [3.8, 4) is 0 Å². The molecule has 0 amide bonds. The Bertz CT molecular complexity index is 688. The van der Waals surface area contributed by atoms with E-state index >= 15 is 0 Å². The van der Waals surface area contributed by atoms with Gasteiger partial charge < -0.3 is 89.7 Å². The van der Waals surface area contributed by atoms with Crippen molar-refractivity contribution >= 4 is 0 Å². The second kappa shape index (κ2) is 14.8. The van der Waals surface area contributed by atoms with Gasteiger partial charge in [0.25, 0.3) is 0 Å². The molecule has 0 bridgehead atoms. The monoisotopic (exact) mass is 606 g/mol. The Balaban J connectivity index is 1.73. The van der Waals surface area contributed by atoms with Crippen molar-refractivity contribution in [2.24, 2.45) is 5.41 Å². The van der Waals surface area contributed by atoms with E-state index in [4.69, 9.17) is 28.4 Å². The normalized spacial score (nSPS) is 47.2. The van der Waals surface area contributed by atoms with Crippen molar-refractivity contribution in [3.63, 3.8) is 0 Å². The number of aliphatic hydroxyl groups excluding tert-OH is 12. The number of hydrogen-bond donors (Lipinski definition) is 12. The molecule has 0 aliphatic carbocycles. The summed E-state index contributed by atoms with van der Waals surface area (Å²) < 4.78 is 32.9. The molecule has 3 saturated heterocycles. The fourth-order valence-corrected chi connectivity index (χ4v) is 4.59. The molecule has 0 aromatic rings. The number of hydrogen-bond acceptors (Lipinski definition) is 18. The Kier molecular flexibility index (Phi) is 12.6. The fourth-order valence-electron chi connectivity index (χ4n) is 4.59. The maximum Gasteiger partial charge on any atom is 0.186 e. The van der Waals surface area contributed by atoms with Gasteiger partial charge in [0.15, 0.2) is 18.9 Å². The molecule has 15 atom stereocenters. The average Bonchev–Trinajstić information content (AvgIpc) is 2.96. The quantitative estimate of drug-likeness (QED) is 0.0981. The molecular formula is C23H42O18. The Morgan fingerprint density at radius 1 is 0.439 bits per heavy atom. The summed E-state index contributed by atoms with van der Waals surface area (Å²) in [7, 11) is 0. The Labute approximate surface area is 234 Å². The molecule has 3 heterocycles. The minimum atomic E-state index is -1.74. The van der Waals surface area contributed by atoms with Crippen molar-refractivity contribution in [2.45, 2.75) is 99.0 Å². The molecule has 41 heavy (non-hydrogen) atoms. The zero-order valence-corrected chi connectivity index (χ0v) is 22.2. The van der Waals surface area contributed by atoms with Gasteiger partial charge in [0.1, 0.15) is 73.2 Å². The van der Waals surface area contributed by atoms with Crippen LogP contribution in [-0.4, -0.2) is 193 Å². The largest absolute Gasteiger partial charge is 0.394 e. The number of rotatable bonds is 12. The van der Waals surface area contributed by atoms with Gasteiger partial charge in [-0.05, 0) is 0 Å². The van der Waals surface area contributed by atoms with Gasteiger partial charge in [0, 0.05) is 5.41 Å². The van der Waals surface area contributed by atoms with Crippen LogP contribution >= 0.6 is 0 Å². The summed E-state index contributed by atoms with van der Waals surface area (Å²) in [5.74, 6) is 0. The van der Waals surface area contributed by atoms with Crippen LogP contribution in [0.4, 0.5) is 0 Å². The van der Waals surface area contributed by atoms with E-state index in [-0.39, 0.29) is 0 Å². The van der Waals surface area contributed by atoms with E-state index < -0.39 is 137 Å². The van der Waals surface area contributed by atoms with E-state index in [2.05, 4.69) is 0 Å². The molecule has 18 heteroatoms. The van der Waals surface area contributed by atoms with E-state index in [1.165, 1.54) is 6.92 Å². The third-order valence-corrected chi connectivity index (χ3v) is 7.33. The number of aliphatic hydroxyl groups is 12. The highest BCUT2D eigenvalue weighted by Crippen LogP contribution is 2.30. The minimum absolute atomic E-state index is 0.426. The third-order valence-electron chi connectivity index (χ3n) is 7.33. The van der Waals surface area contributed by atoms with Crippen molar-refractivity contribution < 1.29 is 89.7 Å². The van der Waals surface area contributed by atoms with E-state index in [1.54, 1.807) is 0 Å². The topological polar surface area (TPSA) is 298 Å². The first-order valence-corrected chi connectivity index (χ1v) is 13.0. The second-order valence-corrected chi connectivity index (χ2v) is 10.8. The van der Waals surface area contributed by atoms with Gasteiger partial charge >= 0.3 is 0 Å². The van der Waals surface area contributed by atoms with Gasteiger partial charge in [-0.3, -0.25) is 0 Å². The molecule has 0 saturated carbocycles. The molecule has 3 fully saturated rings. The van der Waals surface area contributed by atoms with Crippen LogP contribution in [0, 0.1) is 5.41 Å². The predicted molar refractivity (Wildman–Crippen MR) is 127 cm³/mol. The summed E-state index contributed by atoms with van der Waals surface area (Å²) in [4.78, 5) is 0. The smallest absolute Gasteiger partial charge is 0.186 e. The molecule has 6 unspecified atom stereocenters. The van der Waals surface area contributed by atoms with E-state index in [0.29, 0.717) is 0 Å². The Hall–Kier alpha value is -0.720. The van der Waals surface area contributed by atoms with E-state index in [9.17, 15) is 61.3 Å². The maximum absolute atomic E-state index is 10.3. The number of ether oxygens (including phenoxy) is 6. The molecule has 3 aliphatic heterocycles. The molecule has 242 valence electrons. The van der Waals surface area contributed by atoms with Crippen LogP contribution in [0.2, 0.25) is 0 Å². The van der Waals surface area contributed by atoms with Gasteiger partial charge in [0.2, 0.25) is 0 Å². The first-order chi connectivity index (χ1) is 19.3. The second-order valence-electron chi connectivity index (χ2n) is 10.8. The van der Waals surface area contributed by atoms with Crippen LogP contribution in [0.1, 0.15) is 6.92 Å². The zero-order chi connectivity index (χ0) is 30.6. The summed E-state index contributed by atoms with van der Waals surface area (Å²) >= 11 is 0. The summed E-state index contributed by atoms with van der Waals surface area (Å²) in [5, 5.41) is 119. The van der Waals surface area contributed by atoms with Crippen LogP contribution < -0.4 is 0 Å². The molecule has 0 spiro atoms. The maximum atomic E-state index is 10.3. The zero-order valence-electron chi connectivity index (χ0n) is 22.2. The lowest BCUT2D eigenvalue weighted by atomic mass is 9.93. The minimum Gasteiger partial charge on any atom is -0.394 e. The van der Waals surface area contributed by atoms with Crippen molar-refractivity contribution in [1.29, 1.82) is 0 Å². The summed E-state index contributed by atoms with van der Waals surface area (Å²) in [6.45, 7) is -1.90. The van der Waals surface area contributed by atoms with Crippen molar-refractivity contribution in [1.82, 2.24) is 0 Å². The van der Waals surface area contributed by atoms with Gasteiger partial charge in [-0.25, -0.2) is 0 Å². The molecule has 12 N–H and O–H groups in total. The van der Waals surface area contributed by atoms with Crippen molar-refractivity contribution in [2.75, 3.05) is 39.6 Å². The summed E-state index contributed by atoms with van der Waals surface area (Å²) in [6.07, 6.45) is -23.8. The fraction of sp³-hybridized carbons (Fsp3) is 1.00. The molecule has 3 rings (SSSR count). The molecular weight excluding hydrogens is 564 g/mol. The highest BCUT2D eigenvalue weighted by molar-refractivity contribution is 4.92. The van der Waals surface area contributed by atoms with Crippen LogP contribution in [0.3, 0.4) is 0 Å². The first kappa shape index (κ1) is 34.8. The average molecular weight is 607 g/mol. The lowest BCUT2D eigenvalue weighted by Crippen LogP contribution is -2.61. The molecule has 0 radical (unpaired) electrons. The van der Waals surface area contributed by atoms with Crippen molar-refractivity contribution in [3.05, 3.63) is 0 Å². The molecule has 0 aromatic carbocycles. The van der Waals surface area contributed by atoms with Gasteiger partial charge in [0.05, 0.1) is 39.6 Å². The van der Waals surface area contributed by atoms with Crippen LogP contribution in [0.15, 0.2) is 0 Å².